The summed E-state index contributed by atoms with van der Waals surface area (Å²) in [6.45, 7) is 1.66. The van der Waals surface area contributed by atoms with Gasteiger partial charge in [-0.25, -0.2) is 13.8 Å². The lowest BCUT2D eigenvalue weighted by Gasteiger charge is -2.09. The maximum absolute atomic E-state index is 13.3. The van der Waals surface area contributed by atoms with Gasteiger partial charge in [0, 0.05) is 16.5 Å². The number of carbonyl (C=O) groups excluding carboxylic acids is 1. The Bertz CT molecular complexity index is 1140. The third kappa shape index (κ3) is 2.92. The first-order valence-corrected chi connectivity index (χ1v) is 8.68. The third-order valence-corrected chi connectivity index (χ3v) is 4.91. The number of nitrogens with zero attached hydrogens (tertiary/aromatic N) is 3. The third-order valence-electron chi connectivity index (χ3n) is 3.96. The summed E-state index contributed by atoms with van der Waals surface area (Å²) in [5.41, 5.74) is 2.24. The van der Waals surface area contributed by atoms with Crippen LogP contribution in [-0.2, 0) is 0 Å². The molecule has 2 aromatic heterocycles. The van der Waals surface area contributed by atoms with Gasteiger partial charge in [0.05, 0.1) is 5.25 Å². The van der Waals surface area contributed by atoms with Crippen molar-refractivity contribution in [3.05, 3.63) is 59.7 Å². The van der Waals surface area contributed by atoms with Gasteiger partial charge >= 0.3 is 0 Å². The number of ketones is 1. The van der Waals surface area contributed by atoms with E-state index in [0.29, 0.717) is 16.3 Å². The Morgan fingerprint density at radius 2 is 1.92 bits per heavy atom. The van der Waals surface area contributed by atoms with E-state index in [2.05, 4.69) is 20.2 Å². The van der Waals surface area contributed by atoms with E-state index in [0.717, 1.165) is 34.8 Å². The predicted molar refractivity (Wildman–Crippen MR) is 95.2 cm³/mol. The zero-order chi connectivity index (χ0) is 18.3. The molecule has 1 atom stereocenters. The van der Waals surface area contributed by atoms with Crippen molar-refractivity contribution in [2.45, 2.75) is 17.3 Å². The number of thioether (sulfide) groups is 1. The SMILES string of the molecule is C[C@H](Sc1nnc2c(n1)[nH]c1ccccc12)C(=O)c1ccc(F)c(F)c1. The molecule has 5 nitrogen and oxygen atoms in total. The Hall–Kier alpha value is -2.87. The van der Waals surface area contributed by atoms with Gasteiger partial charge in [-0.15, -0.1) is 10.2 Å². The summed E-state index contributed by atoms with van der Waals surface area (Å²) in [6, 6.07) is 10.8. The van der Waals surface area contributed by atoms with Crippen LogP contribution in [0.1, 0.15) is 17.3 Å². The first kappa shape index (κ1) is 16.6. The summed E-state index contributed by atoms with van der Waals surface area (Å²) >= 11 is 1.11. The topological polar surface area (TPSA) is 71.5 Å². The number of rotatable bonds is 4. The number of halogens is 2. The van der Waals surface area contributed by atoms with Crippen molar-refractivity contribution < 1.29 is 13.6 Å². The highest BCUT2D eigenvalue weighted by molar-refractivity contribution is 8.00. The fourth-order valence-electron chi connectivity index (χ4n) is 2.65. The van der Waals surface area contributed by atoms with E-state index < -0.39 is 16.9 Å². The van der Waals surface area contributed by atoms with E-state index in [9.17, 15) is 13.6 Å². The molecule has 0 fully saturated rings. The normalized spacial score (nSPS) is 12.6. The van der Waals surface area contributed by atoms with Crippen LogP contribution in [0.2, 0.25) is 0 Å². The van der Waals surface area contributed by atoms with Crippen LogP contribution in [0.3, 0.4) is 0 Å². The highest BCUT2D eigenvalue weighted by Gasteiger charge is 2.20. The molecule has 26 heavy (non-hydrogen) atoms. The minimum atomic E-state index is -1.05. The number of benzene rings is 2. The van der Waals surface area contributed by atoms with Gasteiger partial charge in [-0.2, -0.15) is 0 Å². The van der Waals surface area contributed by atoms with E-state index in [1.165, 1.54) is 6.07 Å². The molecule has 8 heteroatoms. The molecule has 0 bridgehead atoms. The number of aromatic amines is 1. The molecule has 0 aliphatic heterocycles. The highest BCUT2D eigenvalue weighted by Crippen LogP contribution is 2.26. The molecule has 0 radical (unpaired) electrons. The Morgan fingerprint density at radius 1 is 1.12 bits per heavy atom. The Morgan fingerprint density at radius 3 is 2.73 bits per heavy atom. The summed E-state index contributed by atoms with van der Waals surface area (Å²) < 4.78 is 26.4. The lowest BCUT2D eigenvalue weighted by molar-refractivity contribution is 0.0993. The molecule has 1 N–H and O–H groups in total. The number of hydrogen-bond acceptors (Lipinski definition) is 5. The zero-order valence-corrected chi connectivity index (χ0v) is 14.3. The Labute approximate surface area is 150 Å². The van der Waals surface area contributed by atoms with Crippen LogP contribution in [0.25, 0.3) is 22.1 Å². The number of hydrogen-bond donors (Lipinski definition) is 1. The van der Waals surface area contributed by atoms with Crippen LogP contribution in [0.4, 0.5) is 8.78 Å². The Kier molecular flexibility index (Phi) is 4.12. The van der Waals surface area contributed by atoms with E-state index in [1.54, 1.807) is 6.92 Å². The summed E-state index contributed by atoms with van der Waals surface area (Å²) in [7, 11) is 0. The molecule has 0 aliphatic carbocycles. The molecule has 0 spiro atoms. The van der Waals surface area contributed by atoms with Crippen molar-refractivity contribution in [2.75, 3.05) is 0 Å². The minimum Gasteiger partial charge on any atom is -0.338 e. The van der Waals surface area contributed by atoms with E-state index in [1.807, 2.05) is 24.3 Å². The predicted octanol–water partition coefficient (Wildman–Crippen LogP) is 4.15. The molecule has 2 heterocycles. The monoisotopic (exact) mass is 370 g/mol. The van der Waals surface area contributed by atoms with Gasteiger partial charge in [0.25, 0.3) is 0 Å². The van der Waals surface area contributed by atoms with Gasteiger partial charge in [0.15, 0.2) is 23.1 Å². The molecule has 0 unspecified atom stereocenters. The number of para-hydroxylation sites is 1. The smallest absolute Gasteiger partial charge is 0.211 e. The van der Waals surface area contributed by atoms with Crippen molar-refractivity contribution in [3.63, 3.8) is 0 Å². The maximum atomic E-state index is 13.3. The number of aromatic nitrogens is 4. The van der Waals surface area contributed by atoms with Crippen LogP contribution < -0.4 is 0 Å². The van der Waals surface area contributed by atoms with Crippen molar-refractivity contribution >= 4 is 39.6 Å². The molecule has 0 saturated carbocycles. The van der Waals surface area contributed by atoms with Crippen molar-refractivity contribution in [1.82, 2.24) is 20.2 Å². The molecule has 4 rings (SSSR count). The molecule has 130 valence electrons. The summed E-state index contributed by atoms with van der Waals surface area (Å²) in [5.74, 6) is -2.38. The number of Topliss-reactive ketones (excluding diaryl/α,β-unsaturated/α-hetero) is 1. The van der Waals surface area contributed by atoms with E-state index >= 15 is 0 Å². The van der Waals surface area contributed by atoms with Crippen LogP contribution in [0.15, 0.2) is 47.6 Å². The van der Waals surface area contributed by atoms with E-state index in [-0.39, 0.29) is 11.3 Å². The maximum Gasteiger partial charge on any atom is 0.211 e. The van der Waals surface area contributed by atoms with Crippen LogP contribution in [-0.4, -0.2) is 31.2 Å². The summed E-state index contributed by atoms with van der Waals surface area (Å²) in [5, 5.41) is 8.93. The summed E-state index contributed by atoms with van der Waals surface area (Å²) in [4.78, 5) is 20.0. The van der Waals surface area contributed by atoms with Crippen LogP contribution in [0, 0.1) is 11.6 Å². The number of H-pyrrole nitrogens is 1. The van der Waals surface area contributed by atoms with Crippen LogP contribution >= 0.6 is 11.8 Å². The van der Waals surface area contributed by atoms with Gasteiger partial charge < -0.3 is 4.98 Å². The molecule has 0 aliphatic rings. The Balaban J connectivity index is 1.60. The van der Waals surface area contributed by atoms with Gasteiger partial charge in [-0.3, -0.25) is 4.79 Å². The highest BCUT2D eigenvalue weighted by atomic mass is 32.2. The van der Waals surface area contributed by atoms with Crippen LogP contribution in [0.5, 0.6) is 0 Å². The second-order valence-corrected chi connectivity index (χ2v) is 7.02. The average molecular weight is 370 g/mol. The summed E-state index contributed by atoms with van der Waals surface area (Å²) in [6.07, 6.45) is 0. The largest absolute Gasteiger partial charge is 0.338 e. The van der Waals surface area contributed by atoms with Gasteiger partial charge in [-0.05, 0) is 31.2 Å². The molecular weight excluding hydrogens is 358 g/mol. The molecular formula is C18H12F2N4OS. The number of carbonyl (C=O) groups is 1. The first-order valence-electron chi connectivity index (χ1n) is 7.80. The van der Waals surface area contributed by atoms with Crippen molar-refractivity contribution in [2.24, 2.45) is 0 Å². The molecule has 0 saturated heterocycles. The van der Waals surface area contributed by atoms with Crippen molar-refractivity contribution in [1.29, 1.82) is 0 Å². The van der Waals surface area contributed by atoms with Crippen molar-refractivity contribution in [3.8, 4) is 0 Å². The molecule has 0 amide bonds. The average Bonchev–Trinajstić information content (AvgIpc) is 3.01. The molecule has 2 aromatic carbocycles. The fraction of sp³-hybridized carbons (Fsp3) is 0.111. The molecule has 4 aromatic rings. The zero-order valence-electron chi connectivity index (χ0n) is 13.5. The number of fused-ring (bicyclic) bond motifs is 3. The minimum absolute atomic E-state index is 0.101. The lowest BCUT2D eigenvalue weighted by atomic mass is 10.1. The van der Waals surface area contributed by atoms with Gasteiger partial charge in [0.2, 0.25) is 5.16 Å². The quantitative estimate of drug-likeness (QED) is 0.432. The second-order valence-electron chi connectivity index (χ2n) is 5.72. The van der Waals surface area contributed by atoms with E-state index in [4.69, 9.17) is 0 Å². The number of nitrogens with one attached hydrogen (secondary N) is 1. The second kappa shape index (κ2) is 6.45. The standard InChI is InChI=1S/C18H12F2N4OS/c1-9(16(25)10-6-7-12(19)13(20)8-10)26-18-22-17-15(23-24-18)11-4-2-3-5-14(11)21-17/h2-9H,1H3,(H,21,22,24)/t9-/m0/s1. The van der Waals surface area contributed by atoms with Gasteiger partial charge in [-0.1, -0.05) is 30.0 Å². The first-order chi connectivity index (χ1) is 12.5. The van der Waals surface area contributed by atoms with Gasteiger partial charge in [0.1, 0.15) is 5.52 Å². The fourth-order valence-corrected chi connectivity index (χ4v) is 3.44. The lowest BCUT2D eigenvalue weighted by Crippen LogP contribution is -2.14.